The molecule has 1 aromatic heterocycles. The topological polar surface area (TPSA) is 121 Å². The van der Waals surface area contributed by atoms with Crippen LogP contribution in [0.4, 0.5) is 0 Å². The Morgan fingerprint density at radius 1 is 1.23 bits per heavy atom. The maximum absolute atomic E-state index is 14.4. The zero-order valence-electron chi connectivity index (χ0n) is 22.6. The molecule has 3 saturated heterocycles. The van der Waals surface area contributed by atoms with Crippen LogP contribution in [0.5, 0.6) is 0 Å². The standard InChI is InChI=1S/C28H35BrN6O5/c1-4-11-32(12-5-2)25(37)21-22-26(38)34(14-15-36)24(28(22)16-18(29)23(21)40-28)27(39)33(13-6-3)17-35-20-10-8-7-9-19(20)30-31-35/h4,6-10,18,21-24,36H,1,3,5,11-17H2,2H3/t18?,21-,22+,23-,24?,28?/m1/s1. The van der Waals surface area contributed by atoms with Crippen LogP contribution in [0.3, 0.4) is 0 Å². The summed E-state index contributed by atoms with van der Waals surface area (Å²) in [4.78, 5) is 46.8. The van der Waals surface area contributed by atoms with Crippen molar-refractivity contribution in [2.24, 2.45) is 11.8 Å². The molecule has 2 aromatic rings. The lowest BCUT2D eigenvalue weighted by atomic mass is 9.70. The minimum absolute atomic E-state index is 0.0467. The van der Waals surface area contributed by atoms with E-state index in [1.165, 1.54) is 4.90 Å². The zero-order valence-corrected chi connectivity index (χ0v) is 24.1. The number of para-hydroxylation sites is 1. The highest BCUT2D eigenvalue weighted by Gasteiger charge is 2.76. The van der Waals surface area contributed by atoms with E-state index in [0.29, 0.717) is 25.0 Å². The lowest BCUT2D eigenvalue weighted by molar-refractivity contribution is -0.150. The fraction of sp³-hybridized carbons (Fsp3) is 0.536. The summed E-state index contributed by atoms with van der Waals surface area (Å²) in [5.41, 5.74) is 0.249. The Hall–Kier alpha value is -3.09. The summed E-state index contributed by atoms with van der Waals surface area (Å²) in [5, 5.41) is 18.3. The number of rotatable bonds is 12. The van der Waals surface area contributed by atoms with Gasteiger partial charge in [0.25, 0.3) is 0 Å². The predicted octanol–water partition coefficient (Wildman–Crippen LogP) is 1.57. The summed E-state index contributed by atoms with van der Waals surface area (Å²) < 4.78 is 8.21. The summed E-state index contributed by atoms with van der Waals surface area (Å²) >= 11 is 3.70. The van der Waals surface area contributed by atoms with Gasteiger partial charge in [-0.15, -0.1) is 18.3 Å². The molecule has 3 amide bonds. The van der Waals surface area contributed by atoms with Gasteiger partial charge in [0.2, 0.25) is 17.7 Å². The van der Waals surface area contributed by atoms with Gasteiger partial charge < -0.3 is 24.5 Å². The summed E-state index contributed by atoms with van der Waals surface area (Å²) in [6.45, 7) is 10.4. The van der Waals surface area contributed by atoms with Gasteiger partial charge in [-0.3, -0.25) is 14.4 Å². The molecule has 4 heterocycles. The number of likely N-dealkylation sites (tertiary alicyclic amines) is 1. The van der Waals surface area contributed by atoms with E-state index in [9.17, 15) is 19.5 Å². The van der Waals surface area contributed by atoms with Crippen molar-refractivity contribution in [3.63, 3.8) is 0 Å². The number of hydrogen-bond acceptors (Lipinski definition) is 7. The van der Waals surface area contributed by atoms with Crippen LogP contribution < -0.4 is 0 Å². The van der Waals surface area contributed by atoms with Crippen LogP contribution in [0, 0.1) is 11.8 Å². The van der Waals surface area contributed by atoms with Gasteiger partial charge in [-0.25, -0.2) is 4.68 Å². The number of alkyl halides is 1. The van der Waals surface area contributed by atoms with Crippen molar-refractivity contribution >= 4 is 44.7 Å². The van der Waals surface area contributed by atoms with E-state index >= 15 is 0 Å². The first-order chi connectivity index (χ1) is 19.3. The van der Waals surface area contributed by atoms with Crippen molar-refractivity contribution in [3.8, 4) is 0 Å². The van der Waals surface area contributed by atoms with Gasteiger partial charge in [0.1, 0.15) is 23.8 Å². The maximum Gasteiger partial charge on any atom is 0.250 e. The molecule has 2 bridgehead atoms. The van der Waals surface area contributed by atoms with Crippen molar-refractivity contribution < 1.29 is 24.2 Å². The number of nitrogens with zero attached hydrogens (tertiary/aromatic N) is 6. The molecule has 40 heavy (non-hydrogen) atoms. The first kappa shape index (κ1) is 28.4. The minimum atomic E-state index is -1.21. The average molecular weight is 616 g/mol. The number of aromatic nitrogens is 3. The summed E-state index contributed by atoms with van der Waals surface area (Å²) in [5.74, 6) is -2.45. The third-order valence-electron chi connectivity index (χ3n) is 8.19. The molecule has 3 fully saturated rings. The second kappa shape index (κ2) is 11.4. The van der Waals surface area contributed by atoms with Gasteiger partial charge in [0.15, 0.2) is 0 Å². The highest BCUT2D eigenvalue weighted by atomic mass is 79.9. The molecule has 12 heteroatoms. The maximum atomic E-state index is 14.4. The Labute approximate surface area is 241 Å². The summed E-state index contributed by atoms with van der Waals surface area (Å²) in [6.07, 6.45) is 3.88. The van der Waals surface area contributed by atoms with Crippen LogP contribution in [0.25, 0.3) is 11.0 Å². The molecule has 6 atom stereocenters. The van der Waals surface area contributed by atoms with Crippen LogP contribution >= 0.6 is 15.9 Å². The molecule has 1 aromatic carbocycles. The van der Waals surface area contributed by atoms with E-state index in [1.807, 2.05) is 31.2 Å². The number of carbonyl (C=O) groups excluding carboxylic acids is 3. The number of ether oxygens (including phenoxy) is 1. The van der Waals surface area contributed by atoms with E-state index in [-0.39, 0.29) is 48.9 Å². The second-order valence-electron chi connectivity index (χ2n) is 10.6. The Morgan fingerprint density at radius 2 is 1.95 bits per heavy atom. The molecule has 1 spiro atoms. The molecule has 3 aliphatic heterocycles. The second-order valence-corrected chi connectivity index (χ2v) is 11.7. The van der Waals surface area contributed by atoms with Crippen LogP contribution in [-0.2, 0) is 25.8 Å². The Morgan fingerprint density at radius 3 is 2.65 bits per heavy atom. The molecule has 0 radical (unpaired) electrons. The van der Waals surface area contributed by atoms with E-state index < -0.39 is 29.6 Å². The Bertz CT molecular complexity index is 1320. The SMILES string of the molecule is C=CCN(Cn1nnc2ccccc21)C(=O)C1N(CCO)C(=O)[C@@H]2[C@@H](C(=O)N(CC=C)CCC)[C@@H]3OC12CC3Br. The number of amides is 3. The van der Waals surface area contributed by atoms with Crippen LogP contribution in [0.2, 0.25) is 0 Å². The normalized spacial score (nSPS) is 28.6. The number of carbonyl (C=O) groups is 3. The average Bonchev–Trinajstić information content (AvgIpc) is 3.66. The molecular weight excluding hydrogens is 580 g/mol. The molecule has 11 nitrogen and oxygen atoms in total. The van der Waals surface area contributed by atoms with Crippen LogP contribution in [0.1, 0.15) is 19.8 Å². The highest BCUT2D eigenvalue weighted by Crippen LogP contribution is 2.60. The van der Waals surface area contributed by atoms with Gasteiger partial charge in [-0.05, 0) is 25.0 Å². The summed E-state index contributed by atoms with van der Waals surface area (Å²) in [7, 11) is 0. The highest BCUT2D eigenvalue weighted by molar-refractivity contribution is 9.09. The lowest BCUT2D eigenvalue weighted by Gasteiger charge is -2.37. The monoisotopic (exact) mass is 614 g/mol. The van der Waals surface area contributed by atoms with Crippen molar-refractivity contribution in [2.45, 2.75) is 49.0 Å². The third kappa shape index (κ3) is 4.46. The predicted molar refractivity (Wildman–Crippen MR) is 151 cm³/mol. The fourth-order valence-electron chi connectivity index (χ4n) is 6.70. The van der Waals surface area contributed by atoms with E-state index in [4.69, 9.17) is 4.74 Å². The van der Waals surface area contributed by atoms with E-state index in [2.05, 4.69) is 39.4 Å². The minimum Gasteiger partial charge on any atom is -0.395 e. The van der Waals surface area contributed by atoms with Gasteiger partial charge >= 0.3 is 0 Å². The summed E-state index contributed by atoms with van der Waals surface area (Å²) in [6, 6.07) is 6.43. The number of aliphatic hydroxyl groups is 1. The van der Waals surface area contributed by atoms with Crippen LogP contribution in [-0.4, -0.2) is 108 Å². The van der Waals surface area contributed by atoms with Gasteiger partial charge in [0, 0.05) is 31.0 Å². The number of halogens is 1. The smallest absolute Gasteiger partial charge is 0.250 e. The van der Waals surface area contributed by atoms with Gasteiger partial charge in [-0.2, -0.15) is 0 Å². The van der Waals surface area contributed by atoms with E-state index in [1.54, 1.807) is 26.6 Å². The number of fused-ring (bicyclic) bond motifs is 2. The van der Waals surface area contributed by atoms with Crippen molar-refractivity contribution in [1.29, 1.82) is 0 Å². The first-order valence-electron chi connectivity index (χ1n) is 13.6. The molecule has 1 N–H and O–H groups in total. The number of benzene rings is 1. The molecule has 3 aliphatic rings. The molecule has 0 aliphatic carbocycles. The molecule has 0 saturated carbocycles. The quantitative estimate of drug-likeness (QED) is 0.284. The Balaban J connectivity index is 1.52. The van der Waals surface area contributed by atoms with Crippen molar-refractivity contribution in [3.05, 3.63) is 49.6 Å². The van der Waals surface area contributed by atoms with E-state index in [0.717, 1.165) is 11.9 Å². The Kier molecular flexibility index (Phi) is 8.12. The molecule has 214 valence electrons. The fourth-order valence-corrected chi connectivity index (χ4v) is 7.64. The van der Waals surface area contributed by atoms with Crippen molar-refractivity contribution in [1.82, 2.24) is 29.7 Å². The van der Waals surface area contributed by atoms with Crippen molar-refractivity contribution in [2.75, 3.05) is 32.8 Å². The largest absolute Gasteiger partial charge is 0.395 e. The number of aliphatic hydroxyl groups excluding tert-OH is 1. The molecular formula is C28H35BrN6O5. The van der Waals surface area contributed by atoms with Gasteiger partial charge in [-0.1, -0.05) is 52.4 Å². The number of hydrogen-bond donors (Lipinski definition) is 1. The molecule has 5 rings (SSSR count). The first-order valence-corrected chi connectivity index (χ1v) is 14.5. The third-order valence-corrected chi connectivity index (χ3v) is 9.03. The number of β-amino-alcohol motifs (C(OH)–C–C–N with tert-alkyl or cyclic N) is 1. The lowest BCUT2D eigenvalue weighted by Crippen LogP contribution is -2.57. The van der Waals surface area contributed by atoms with Gasteiger partial charge in [0.05, 0.1) is 30.1 Å². The van der Waals surface area contributed by atoms with Crippen LogP contribution in [0.15, 0.2) is 49.6 Å². The molecule has 3 unspecified atom stereocenters. The zero-order chi connectivity index (χ0) is 28.6.